The Balaban J connectivity index is 1.04. The van der Waals surface area contributed by atoms with Gasteiger partial charge in [-0.3, -0.25) is 9.48 Å². The second-order valence-electron chi connectivity index (χ2n) is 10.6. The minimum absolute atomic E-state index is 0.347. The maximum atomic E-state index is 12.9. The molecule has 1 aromatic carbocycles. The van der Waals surface area contributed by atoms with Gasteiger partial charge in [-0.1, -0.05) is 37.8 Å². The third-order valence-electron chi connectivity index (χ3n) is 7.52. The van der Waals surface area contributed by atoms with Crippen LogP contribution in [0.3, 0.4) is 0 Å². The normalized spacial score (nSPS) is 15.7. The highest BCUT2D eigenvalue weighted by Gasteiger charge is 2.24. The van der Waals surface area contributed by atoms with Gasteiger partial charge in [0.05, 0.1) is 11.7 Å². The van der Waals surface area contributed by atoms with Gasteiger partial charge in [0, 0.05) is 29.7 Å². The number of carboxylic acids is 1. The molecule has 1 aliphatic carbocycles. The van der Waals surface area contributed by atoms with Crippen molar-refractivity contribution in [3.8, 4) is 0 Å². The van der Waals surface area contributed by atoms with Crippen LogP contribution in [0.25, 0.3) is 10.9 Å². The van der Waals surface area contributed by atoms with E-state index in [1.807, 2.05) is 23.0 Å². The zero-order valence-electron chi connectivity index (χ0n) is 21.4. The van der Waals surface area contributed by atoms with Crippen LogP contribution in [0.5, 0.6) is 0 Å². The molecule has 1 atom stereocenters. The van der Waals surface area contributed by atoms with E-state index in [0.29, 0.717) is 17.9 Å². The van der Waals surface area contributed by atoms with Crippen LogP contribution in [0, 0.1) is 5.92 Å². The molecule has 1 aliphatic heterocycles. The Morgan fingerprint density at radius 1 is 1.11 bits per heavy atom. The van der Waals surface area contributed by atoms with Crippen LogP contribution < -0.4 is 10.6 Å². The molecular formula is C29H37N5O3. The van der Waals surface area contributed by atoms with Crippen molar-refractivity contribution in [2.45, 2.75) is 83.2 Å². The Hall–Kier alpha value is -3.42. The van der Waals surface area contributed by atoms with Gasteiger partial charge in [0.15, 0.2) is 0 Å². The molecule has 1 saturated carbocycles. The molecule has 196 valence electrons. The quantitative estimate of drug-likeness (QED) is 0.284. The topological polar surface area (TPSA) is 109 Å². The molecular weight excluding hydrogens is 466 g/mol. The Morgan fingerprint density at radius 2 is 1.95 bits per heavy atom. The summed E-state index contributed by atoms with van der Waals surface area (Å²) >= 11 is 0. The lowest BCUT2D eigenvalue weighted by molar-refractivity contribution is -0.139. The number of fused-ring (bicyclic) bond motifs is 2. The standard InChI is InChI=1S/C29H37N5O3/c35-28(22-12-13-23-18-31-34(26(23)17-22)19-20-10-11-20)33-25(29(36)37)9-5-3-1-2-4-8-24-15-14-21-7-6-16-30-27(21)32-24/h12-15,17-18,20,25H,1-11,16,19H2,(H,30,32)(H,33,35)(H,36,37)/t25-/m0/s1. The van der Waals surface area contributed by atoms with Gasteiger partial charge in [-0.05, 0) is 74.6 Å². The van der Waals surface area contributed by atoms with Crippen LogP contribution >= 0.6 is 0 Å². The number of aliphatic carboxylic acids is 1. The first-order chi connectivity index (χ1) is 18.1. The number of aryl methyl sites for hydroxylation is 2. The summed E-state index contributed by atoms with van der Waals surface area (Å²) in [7, 11) is 0. The van der Waals surface area contributed by atoms with Gasteiger partial charge in [0.1, 0.15) is 11.9 Å². The lowest BCUT2D eigenvalue weighted by atomic mass is 10.0. The van der Waals surface area contributed by atoms with Crippen molar-refractivity contribution in [3.05, 3.63) is 53.3 Å². The number of aromatic nitrogens is 3. The molecule has 37 heavy (non-hydrogen) atoms. The Kier molecular flexibility index (Phi) is 8.02. The molecule has 0 spiro atoms. The maximum Gasteiger partial charge on any atom is 0.326 e. The molecule has 8 heteroatoms. The maximum absolute atomic E-state index is 12.9. The number of amides is 1. The van der Waals surface area contributed by atoms with Crippen molar-refractivity contribution >= 4 is 28.6 Å². The highest BCUT2D eigenvalue weighted by molar-refractivity contribution is 5.99. The van der Waals surface area contributed by atoms with Crippen molar-refractivity contribution in [1.29, 1.82) is 0 Å². The Bertz CT molecular complexity index is 1250. The number of carboxylic acid groups (broad SMARTS) is 1. The Labute approximate surface area is 217 Å². The van der Waals surface area contributed by atoms with Gasteiger partial charge in [-0.2, -0.15) is 5.10 Å². The number of rotatable bonds is 13. The highest BCUT2D eigenvalue weighted by Crippen LogP contribution is 2.31. The van der Waals surface area contributed by atoms with E-state index >= 15 is 0 Å². The first-order valence-corrected chi connectivity index (χ1v) is 13.8. The lowest BCUT2D eigenvalue weighted by Gasteiger charge is -2.17. The van der Waals surface area contributed by atoms with Gasteiger partial charge >= 0.3 is 5.97 Å². The van der Waals surface area contributed by atoms with Gasteiger partial charge in [-0.25, -0.2) is 9.78 Å². The third-order valence-corrected chi connectivity index (χ3v) is 7.52. The van der Waals surface area contributed by atoms with Gasteiger partial charge in [0.25, 0.3) is 5.91 Å². The number of nitrogens with one attached hydrogen (secondary N) is 2. The molecule has 0 unspecified atom stereocenters. The van der Waals surface area contributed by atoms with E-state index in [0.717, 1.165) is 80.4 Å². The van der Waals surface area contributed by atoms with Gasteiger partial charge in [0.2, 0.25) is 0 Å². The van der Waals surface area contributed by atoms with E-state index in [1.165, 1.54) is 24.8 Å². The summed E-state index contributed by atoms with van der Waals surface area (Å²) in [4.78, 5) is 29.4. The number of benzene rings is 1. The summed E-state index contributed by atoms with van der Waals surface area (Å²) in [6, 6.07) is 8.91. The summed E-state index contributed by atoms with van der Waals surface area (Å²) in [6.07, 6.45) is 12.9. The molecule has 3 aromatic rings. The summed E-state index contributed by atoms with van der Waals surface area (Å²) < 4.78 is 1.96. The summed E-state index contributed by atoms with van der Waals surface area (Å²) in [6.45, 7) is 1.87. The predicted octanol–water partition coefficient (Wildman–Crippen LogP) is 4.97. The number of nitrogens with zero attached hydrogens (tertiary/aromatic N) is 3. The number of unbranched alkanes of at least 4 members (excludes halogenated alkanes) is 4. The van der Waals surface area contributed by atoms with Crippen LogP contribution in [0.1, 0.15) is 79.4 Å². The minimum Gasteiger partial charge on any atom is -0.480 e. The molecule has 8 nitrogen and oxygen atoms in total. The summed E-state index contributed by atoms with van der Waals surface area (Å²) in [5.41, 5.74) is 3.85. The lowest BCUT2D eigenvalue weighted by Crippen LogP contribution is -2.40. The molecule has 1 fully saturated rings. The van der Waals surface area contributed by atoms with Crippen molar-refractivity contribution in [1.82, 2.24) is 20.1 Å². The van der Waals surface area contributed by atoms with Crippen LogP contribution in [0.2, 0.25) is 0 Å². The van der Waals surface area contributed by atoms with Crippen molar-refractivity contribution < 1.29 is 14.7 Å². The predicted molar refractivity (Wildman–Crippen MR) is 144 cm³/mol. The van der Waals surface area contributed by atoms with Gasteiger partial charge < -0.3 is 15.7 Å². The van der Waals surface area contributed by atoms with Gasteiger partial charge in [-0.15, -0.1) is 0 Å². The van der Waals surface area contributed by atoms with Crippen molar-refractivity contribution in [3.63, 3.8) is 0 Å². The zero-order valence-corrected chi connectivity index (χ0v) is 21.4. The second kappa shape index (κ2) is 11.8. The first-order valence-electron chi connectivity index (χ1n) is 13.8. The van der Waals surface area contributed by atoms with E-state index in [2.05, 4.69) is 27.9 Å². The van der Waals surface area contributed by atoms with E-state index < -0.39 is 12.0 Å². The number of hydrogen-bond acceptors (Lipinski definition) is 5. The number of pyridine rings is 1. The molecule has 3 N–H and O–H groups in total. The van der Waals surface area contributed by atoms with E-state index in [9.17, 15) is 14.7 Å². The van der Waals surface area contributed by atoms with E-state index in [4.69, 9.17) is 4.98 Å². The zero-order chi connectivity index (χ0) is 25.6. The molecule has 2 aliphatic rings. The summed E-state index contributed by atoms with van der Waals surface area (Å²) in [5.74, 6) is 0.393. The smallest absolute Gasteiger partial charge is 0.326 e. The fourth-order valence-corrected chi connectivity index (χ4v) is 5.09. The van der Waals surface area contributed by atoms with E-state index in [1.54, 1.807) is 6.07 Å². The monoisotopic (exact) mass is 503 g/mol. The van der Waals surface area contributed by atoms with Crippen LogP contribution in [0.15, 0.2) is 36.5 Å². The van der Waals surface area contributed by atoms with Crippen molar-refractivity contribution in [2.24, 2.45) is 5.92 Å². The SMILES string of the molecule is O=C(N[C@@H](CCCCCCCc1ccc2c(n1)NCCC2)C(=O)O)c1ccc2cnn(CC3CC3)c2c1. The Morgan fingerprint density at radius 3 is 2.78 bits per heavy atom. The highest BCUT2D eigenvalue weighted by atomic mass is 16.4. The third kappa shape index (κ3) is 6.67. The van der Waals surface area contributed by atoms with Crippen molar-refractivity contribution in [2.75, 3.05) is 11.9 Å². The number of carbonyl (C=O) groups is 2. The fraction of sp³-hybridized carbons (Fsp3) is 0.517. The molecule has 0 bridgehead atoms. The largest absolute Gasteiger partial charge is 0.480 e. The van der Waals surface area contributed by atoms with Crippen LogP contribution in [-0.4, -0.2) is 44.3 Å². The first kappa shape index (κ1) is 25.2. The number of carbonyl (C=O) groups excluding carboxylic acids is 1. The average molecular weight is 504 g/mol. The molecule has 0 radical (unpaired) electrons. The molecule has 2 aromatic heterocycles. The van der Waals surface area contributed by atoms with Crippen LogP contribution in [0.4, 0.5) is 5.82 Å². The number of hydrogen-bond donors (Lipinski definition) is 3. The fourth-order valence-electron chi connectivity index (χ4n) is 5.09. The number of anilines is 1. The minimum atomic E-state index is -0.986. The average Bonchev–Trinajstić information content (AvgIpc) is 3.65. The second-order valence-corrected chi connectivity index (χ2v) is 10.6. The summed E-state index contributed by atoms with van der Waals surface area (Å²) in [5, 5.41) is 21.2. The molecule has 1 amide bonds. The van der Waals surface area contributed by atoms with Crippen LogP contribution in [-0.2, 0) is 24.2 Å². The molecule has 3 heterocycles. The molecule has 0 saturated heterocycles. The van der Waals surface area contributed by atoms with E-state index in [-0.39, 0.29) is 5.91 Å². The molecule has 5 rings (SSSR count).